The number of nitrogens with one attached hydrogen (secondary N) is 1. The van der Waals surface area contributed by atoms with Crippen LogP contribution >= 0.6 is 0 Å². The largest absolute Gasteiger partial charge is 0.353 e. The highest BCUT2D eigenvalue weighted by Crippen LogP contribution is 2.20. The van der Waals surface area contributed by atoms with Gasteiger partial charge in [-0.15, -0.1) is 0 Å². The minimum atomic E-state index is 0.743. The van der Waals surface area contributed by atoms with Crippen molar-refractivity contribution >= 4 is 17.0 Å². The fourth-order valence-electron chi connectivity index (χ4n) is 2.25. The van der Waals surface area contributed by atoms with Crippen molar-refractivity contribution in [3.05, 3.63) is 12.7 Å². The zero-order chi connectivity index (χ0) is 11.7. The van der Waals surface area contributed by atoms with Crippen molar-refractivity contribution in [2.45, 2.75) is 6.42 Å². The molecule has 0 aromatic carbocycles. The summed E-state index contributed by atoms with van der Waals surface area (Å²) in [6.07, 6.45) is 4.43. The monoisotopic (exact) mass is 232 g/mol. The normalized spacial score (nSPS) is 18.5. The van der Waals surface area contributed by atoms with E-state index in [2.05, 4.69) is 36.8 Å². The van der Waals surface area contributed by atoms with Crippen molar-refractivity contribution in [3.63, 3.8) is 0 Å². The number of likely N-dealkylation sites (N-methyl/N-ethyl adjacent to an activating group) is 1. The maximum Gasteiger partial charge on any atom is 0.182 e. The molecular formula is C11H16N6. The number of hydrogen-bond donors (Lipinski definition) is 1. The summed E-state index contributed by atoms with van der Waals surface area (Å²) in [6, 6.07) is 0. The van der Waals surface area contributed by atoms with Gasteiger partial charge in [0, 0.05) is 19.6 Å². The Bertz CT molecular complexity index is 507. The van der Waals surface area contributed by atoms with E-state index in [1.165, 1.54) is 0 Å². The Morgan fingerprint density at radius 3 is 3.00 bits per heavy atom. The van der Waals surface area contributed by atoms with Gasteiger partial charge in [0.25, 0.3) is 0 Å². The molecule has 3 heterocycles. The Balaban J connectivity index is 1.94. The van der Waals surface area contributed by atoms with Crippen LogP contribution in [-0.2, 0) is 0 Å². The molecule has 0 spiro atoms. The third kappa shape index (κ3) is 1.95. The molecule has 6 nitrogen and oxygen atoms in total. The molecule has 0 unspecified atom stereocenters. The lowest BCUT2D eigenvalue weighted by atomic mass is 10.3. The second kappa shape index (κ2) is 4.29. The number of fused-ring (bicyclic) bond motifs is 1. The first-order chi connectivity index (χ1) is 8.34. The fraction of sp³-hybridized carbons (Fsp3) is 0.545. The molecule has 1 aliphatic heterocycles. The van der Waals surface area contributed by atoms with Gasteiger partial charge >= 0.3 is 0 Å². The molecule has 0 aliphatic carbocycles. The maximum atomic E-state index is 4.39. The summed E-state index contributed by atoms with van der Waals surface area (Å²) in [5, 5.41) is 0. The average Bonchev–Trinajstić information content (AvgIpc) is 2.72. The van der Waals surface area contributed by atoms with Crippen LogP contribution in [0.3, 0.4) is 0 Å². The van der Waals surface area contributed by atoms with E-state index >= 15 is 0 Å². The van der Waals surface area contributed by atoms with E-state index in [0.717, 1.165) is 49.6 Å². The lowest BCUT2D eigenvalue weighted by molar-refractivity contribution is 0.360. The smallest absolute Gasteiger partial charge is 0.182 e. The summed E-state index contributed by atoms with van der Waals surface area (Å²) >= 11 is 0. The molecule has 1 aliphatic rings. The Morgan fingerprint density at radius 2 is 2.06 bits per heavy atom. The third-order valence-electron chi connectivity index (χ3n) is 3.22. The van der Waals surface area contributed by atoms with Gasteiger partial charge in [-0.3, -0.25) is 0 Å². The van der Waals surface area contributed by atoms with Gasteiger partial charge in [-0.25, -0.2) is 15.0 Å². The van der Waals surface area contributed by atoms with Gasteiger partial charge in [0.2, 0.25) is 0 Å². The zero-order valence-corrected chi connectivity index (χ0v) is 9.93. The molecule has 3 rings (SSSR count). The molecule has 90 valence electrons. The average molecular weight is 232 g/mol. The van der Waals surface area contributed by atoms with E-state index in [9.17, 15) is 0 Å². The zero-order valence-electron chi connectivity index (χ0n) is 9.93. The maximum absolute atomic E-state index is 4.39. The van der Waals surface area contributed by atoms with Crippen LogP contribution in [0, 0.1) is 0 Å². The summed E-state index contributed by atoms with van der Waals surface area (Å²) in [4.78, 5) is 20.5. The number of hydrogen-bond acceptors (Lipinski definition) is 5. The predicted molar refractivity (Wildman–Crippen MR) is 66.0 cm³/mol. The highest BCUT2D eigenvalue weighted by atomic mass is 15.3. The number of H-pyrrole nitrogens is 1. The van der Waals surface area contributed by atoms with Crippen molar-refractivity contribution < 1.29 is 0 Å². The summed E-state index contributed by atoms with van der Waals surface area (Å²) in [7, 11) is 2.16. The molecule has 1 N–H and O–H groups in total. The number of anilines is 1. The summed E-state index contributed by atoms with van der Waals surface area (Å²) in [5.41, 5.74) is 1.68. The minimum absolute atomic E-state index is 0.743. The van der Waals surface area contributed by atoms with E-state index in [1.807, 2.05) is 0 Å². The van der Waals surface area contributed by atoms with Crippen molar-refractivity contribution in [1.29, 1.82) is 0 Å². The van der Waals surface area contributed by atoms with Crippen LogP contribution in [0.2, 0.25) is 0 Å². The summed E-state index contributed by atoms with van der Waals surface area (Å²) in [5.74, 6) is 0.975. The highest BCUT2D eigenvalue weighted by molar-refractivity contribution is 5.82. The van der Waals surface area contributed by atoms with Crippen molar-refractivity contribution in [2.75, 3.05) is 38.1 Å². The topological polar surface area (TPSA) is 60.9 Å². The molecule has 2 aromatic rings. The lowest BCUT2D eigenvalue weighted by Gasteiger charge is -2.21. The molecule has 1 fully saturated rings. The number of aromatic amines is 1. The van der Waals surface area contributed by atoms with Gasteiger partial charge < -0.3 is 14.8 Å². The molecule has 17 heavy (non-hydrogen) atoms. The Hall–Kier alpha value is -1.69. The van der Waals surface area contributed by atoms with E-state index in [4.69, 9.17) is 0 Å². The molecule has 6 heteroatoms. The summed E-state index contributed by atoms with van der Waals surface area (Å²) in [6.45, 7) is 4.25. The van der Waals surface area contributed by atoms with Gasteiger partial charge in [-0.05, 0) is 20.0 Å². The van der Waals surface area contributed by atoms with Gasteiger partial charge in [-0.2, -0.15) is 0 Å². The number of rotatable bonds is 1. The SMILES string of the molecule is CN1CCCN(c2ncnc3nc[nH]c23)CC1. The predicted octanol–water partition coefficient (Wildman–Crippen LogP) is 0.495. The standard InChI is InChI=1S/C11H16N6/c1-16-3-2-4-17(6-5-16)11-9-10(13-7-12-9)14-8-15-11/h7-8H,2-6H2,1H3,(H,12,13,14,15). The van der Waals surface area contributed by atoms with Crippen LogP contribution in [0.1, 0.15) is 6.42 Å². The van der Waals surface area contributed by atoms with E-state index < -0.39 is 0 Å². The molecule has 0 amide bonds. The molecule has 0 bridgehead atoms. The highest BCUT2D eigenvalue weighted by Gasteiger charge is 2.16. The Kier molecular flexibility index (Phi) is 2.64. The first-order valence-corrected chi connectivity index (χ1v) is 5.92. The van der Waals surface area contributed by atoms with Crippen LogP contribution in [0.15, 0.2) is 12.7 Å². The van der Waals surface area contributed by atoms with Gasteiger partial charge in [0.1, 0.15) is 11.8 Å². The Morgan fingerprint density at radius 1 is 1.12 bits per heavy atom. The quantitative estimate of drug-likeness (QED) is 0.775. The number of aromatic nitrogens is 4. The second-order valence-corrected chi connectivity index (χ2v) is 4.44. The van der Waals surface area contributed by atoms with Crippen LogP contribution < -0.4 is 4.90 Å². The van der Waals surface area contributed by atoms with Gasteiger partial charge in [0.15, 0.2) is 11.5 Å². The molecule has 0 saturated carbocycles. The number of nitrogens with zero attached hydrogens (tertiary/aromatic N) is 5. The first kappa shape index (κ1) is 10.5. The van der Waals surface area contributed by atoms with Crippen LogP contribution in [0.4, 0.5) is 5.82 Å². The second-order valence-electron chi connectivity index (χ2n) is 4.44. The van der Waals surface area contributed by atoms with Crippen molar-refractivity contribution in [3.8, 4) is 0 Å². The first-order valence-electron chi connectivity index (χ1n) is 5.92. The van der Waals surface area contributed by atoms with Crippen LogP contribution in [-0.4, -0.2) is 58.1 Å². The minimum Gasteiger partial charge on any atom is -0.353 e. The van der Waals surface area contributed by atoms with Crippen LogP contribution in [0.5, 0.6) is 0 Å². The lowest BCUT2D eigenvalue weighted by Crippen LogP contribution is -2.29. The third-order valence-corrected chi connectivity index (χ3v) is 3.22. The van der Waals surface area contributed by atoms with E-state index in [-0.39, 0.29) is 0 Å². The molecule has 0 atom stereocenters. The van der Waals surface area contributed by atoms with E-state index in [0.29, 0.717) is 0 Å². The van der Waals surface area contributed by atoms with Gasteiger partial charge in [0.05, 0.1) is 6.33 Å². The molecule has 0 radical (unpaired) electrons. The Labute approximate surface area is 99.7 Å². The summed E-state index contributed by atoms with van der Waals surface area (Å²) < 4.78 is 0. The van der Waals surface area contributed by atoms with Crippen molar-refractivity contribution in [2.24, 2.45) is 0 Å². The van der Waals surface area contributed by atoms with Gasteiger partial charge in [-0.1, -0.05) is 0 Å². The van der Waals surface area contributed by atoms with Crippen molar-refractivity contribution in [1.82, 2.24) is 24.8 Å². The molecule has 1 saturated heterocycles. The van der Waals surface area contributed by atoms with E-state index in [1.54, 1.807) is 12.7 Å². The number of imidazole rings is 1. The molecular weight excluding hydrogens is 216 g/mol. The van der Waals surface area contributed by atoms with Crippen LogP contribution in [0.25, 0.3) is 11.2 Å². The molecule has 2 aromatic heterocycles. The fourth-order valence-corrected chi connectivity index (χ4v) is 2.25.